The van der Waals surface area contributed by atoms with Gasteiger partial charge in [-0.1, -0.05) is 6.07 Å². The standard InChI is InChI=1S/C15H22N2O3/c1-15(2,3)16-14(18)9-17(4)8-11-5-6-12-13(7-11)20-10-19-12/h5-7H,8-10H2,1-4H3,(H,16,18). The zero-order chi connectivity index (χ0) is 14.8. The molecule has 1 aliphatic rings. The van der Waals surface area contributed by atoms with E-state index < -0.39 is 0 Å². The molecule has 1 aliphatic heterocycles. The van der Waals surface area contributed by atoms with E-state index in [1.54, 1.807) is 0 Å². The highest BCUT2D eigenvalue weighted by atomic mass is 16.7. The minimum Gasteiger partial charge on any atom is -0.454 e. The molecule has 0 radical (unpaired) electrons. The molecule has 5 nitrogen and oxygen atoms in total. The lowest BCUT2D eigenvalue weighted by molar-refractivity contribution is -0.123. The van der Waals surface area contributed by atoms with Gasteiger partial charge in [-0.05, 0) is 45.5 Å². The maximum Gasteiger partial charge on any atom is 0.234 e. The van der Waals surface area contributed by atoms with Crippen molar-refractivity contribution in [3.8, 4) is 11.5 Å². The first-order valence-electron chi connectivity index (χ1n) is 6.71. The van der Waals surface area contributed by atoms with Crippen molar-refractivity contribution in [2.45, 2.75) is 32.9 Å². The molecule has 0 unspecified atom stereocenters. The molecular weight excluding hydrogens is 256 g/mol. The Hall–Kier alpha value is -1.75. The summed E-state index contributed by atoms with van der Waals surface area (Å²) in [6.45, 7) is 7.26. The van der Waals surface area contributed by atoms with E-state index >= 15 is 0 Å². The summed E-state index contributed by atoms with van der Waals surface area (Å²) in [5.74, 6) is 1.58. The largest absolute Gasteiger partial charge is 0.454 e. The highest BCUT2D eigenvalue weighted by molar-refractivity contribution is 5.78. The minimum atomic E-state index is -0.198. The Morgan fingerprint density at radius 3 is 2.70 bits per heavy atom. The fraction of sp³-hybridized carbons (Fsp3) is 0.533. The number of benzene rings is 1. The number of hydrogen-bond donors (Lipinski definition) is 1. The Kier molecular flexibility index (Phi) is 4.18. The van der Waals surface area contributed by atoms with E-state index in [9.17, 15) is 4.79 Å². The molecule has 0 bridgehead atoms. The number of nitrogens with zero attached hydrogens (tertiary/aromatic N) is 1. The van der Waals surface area contributed by atoms with Crippen molar-refractivity contribution in [3.05, 3.63) is 23.8 Å². The summed E-state index contributed by atoms with van der Waals surface area (Å²) in [7, 11) is 1.92. The number of nitrogens with one attached hydrogen (secondary N) is 1. The number of amides is 1. The van der Waals surface area contributed by atoms with Crippen LogP contribution in [-0.4, -0.2) is 36.7 Å². The van der Waals surface area contributed by atoms with Crippen molar-refractivity contribution >= 4 is 5.91 Å². The number of carbonyl (C=O) groups excluding carboxylic acids is 1. The third kappa shape index (κ3) is 4.13. The number of hydrogen-bond acceptors (Lipinski definition) is 4. The predicted octanol–water partition coefficient (Wildman–Crippen LogP) is 1.76. The maximum atomic E-state index is 11.8. The highest BCUT2D eigenvalue weighted by Gasteiger charge is 2.17. The van der Waals surface area contributed by atoms with Crippen LogP contribution in [0.1, 0.15) is 26.3 Å². The first-order valence-corrected chi connectivity index (χ1v) is 6.71. The lowest BCUT2D eigenvalue weighted by Crippen LogP contribution is -2.45. The van der Waals surface area contributed by atoms with E-state index in [2.05, 4.69) is 5.32 Å². The van der Waals surface area contributed by atoms with Gasteiger partial charge in [-0.3, -0.25) is 9.69 Å². The van der Waals surface area contributed by atoms with E-state index in [0.717, 1.165) is 17.1 Å². The Balaban J connectivity index is 1.88. The summed E-state index contributed by atoms with van der Waals surface area (Å²) in [5.41, 5.74) is 0.900. The molecule has 0 aromatic heterocycles. The van der Waals surface area contributed by atoms with Crippen LogP contribution in [0.25, 0.3) is 0 Å². The topological polar surface area (TPSA) is 50.8 Å². The average Bonchev–Trinajstić information content (AvgIpc) is 2.72. The third-order valence-corrected chi connectivity index (χ3v) is 2.82. The van der Waals surface area contributed by atoms with Gasteiger partial charge in [0.15, 0.2) is 11.5 Å². The second kappa shape index (κ2) is 5.71. The van der Waals surface area contributed by atoms with Crippen molar-refractivity contribution < 1.29 is 14.3 Å². The normalized spacial score (nSPS) is 13.7. The fourth-order valence-electron chi connectivity index (χ4n) is 2.11. The van der Waals surface area contributed by atoms with E-state index in [0.29, 0.717) is 13.1 Å². The van der Waals surface area contributed by atoms with Gasteiger partial charge in [0, 0.05) is 12.1 Å². The van der Waals surface area contributed by atoms with Gasteiger partial charge in [0.25, 0.3) is 0 Å². The molecule has 5 heteroatoms. The van der Waals surface area contributed by atoms with E-state index in [1.807, 2.05) is 50.9 Å². The molecule has 0 spiro atoms. The quantitative estimate of drug-likeness (QED) is 0.912. The van der Waals surface area contributed by atoms with Gasteiger partial charge in [0.1, 0.15) is 0 Å². The van der Waals surface area contributed by atoms with Crippen LogP contribution >= 0.6 is 0 Å². The molecule has 0 fully saturated rings. The van der Waals surface area contributed by atoms with Crippen LogP contribution in [-0.2, 0) is 11.3 Å². The van der Waals surface area contributed by atoms with Crippen LogP contribution in [0.2, 0.25) is 0 Å². The van der Waals surface area contributed by atoms with Gasteiger partial charge in [-0.15, -0.1) is 0 Å². The molecule has 1 aromatic carbocycles. The van der Waals surface area contributed by atoms with E-state index in [4.69, 9.17) is 9.47 Å². The summed E-state index contributed by atoms with van der Waals surface area (Å²) in [6, 6.07) is 5.85. The monoisotopic (exact) mass is 278 g/mol. The number of likely N-dealkylation sites (N-methyl/N-ethyl adjacent to an activating group) is 1. The van der Waals surface area contributed by atoms with Crippen molar-refractivity contribution in [2.75, 3.05) is 20.4 Å². The van der Waals surface area contributed by atoms with Gasteiger partial charge in [0.05, 0.1) is 6.54 Å². The molecule has 110 valence electrons. The predicted molar refractivity (Wildman–Crippen MR) is 76.8 cm³/mol. The van der Waals surface area contributed by atoms with Crippen molar-refractivity contribution in [3.63, 3.8) is 0 Å². The average molecular weight is 278 g/mol. The zero-order valence-electron chi connectivity index (χ0n) is 12.5. The summed E-state index contributed by atoms with van der Waals surface area (Å²) >= 11 is 0. The van der Waals surface area contributed by atoms with Crippen molar-refractivity contribution in [1.29, 1.82) is 0 Å². The Labute approximate surface area is 119 Å². The molecule has 1 heterocycles. The summed E-state index contributed by atoms with van der Waals surface area (Å²) in [6.07, 6.45) is 0. The molecule has 1 N–H and O–H groups in total. The number of rotatable bonds is 4. The smallest absolute Gasteiger partial charge is 0.234 e. The van der Waals surface area contributed by atoms with Crippen LogP contribution < -0.4 is 14.8 Å². The Morgan fingerprint density at radius 2 is 2.00 bits per heavy atom. The van der Waals surface area contributed by atoms with Crippen molar-refractivity contribution in [2.24, 2.45) is 0 Å². The molecule has 0 saturated heterocycles. The molecule has 0 saturated carbocycles. The Morgan fingerprint density at radius 1 is 1.30 bits per heavy atom. The first-order chi connectivity index (χ1) is 9.33. The zero-order valence-corrected chi connectivity index (χ0v) is 12.5. The minimum absolute atomic E-state index is 0.0285. The molecule has 2 rings (SSSR count). The lowest BCUT2D eigenvalue weighted by atomic mass is 10.1. The highest BCUT2D eigenvalue weighted by Crippen LogP contribution is 2.32. The van der Waals surface area contributed by atoms with E-state index in [1.165, 1.54) is 0 Å². The second-order valence-corrected chi connectivity index (χ2v) is 6.16. The van der Waals surface area contributed by atoms with Gasteiger partial charge < -0.3 is 14.8 Å². The molecular formula is C15H22N2O3. The first kappa shape index (κ1) is 14.7. The van der Waals surface area contributed by atoms with Crippen LogP contribution in [0.5, 0.6) is 11.5 Å². The molecule has 1 amide bonds. The van der Waals surface area contributed by atoms with Crippen molar-refractivity contribution in [1.82, 2.24) is 10.2 Å². The SMILES string of the molecule is CN(CC(=O)NC(C)(C)C)Cc1ccc2c(c1)OCO2. The number of carbonyl (C=O) groups is 1. The number of fused-ring (bicyclic) bond motifs is 1. The fourth-order valence-corrected chi connectivity index (χ4v) is 2.11. The van der Waals surface area contributed by atoms with Crippen LogP contribution in [0.4, 0.5) is 0 Å². The molecule has 0 aliphatic carbocycles. The lowest BCUT2D eigenvalue weighted by Gasteiger charge is -2.23. The molecule has 0 atom stereocenters. The van der Waals surface area contributed by atoms with Gasteiger partial charge >= 0.3 is 0 Å². The molecule has 1 aromatic rings. The number of ether oxygens (including phenoxy) is 2. The van der Waals surface area contributed by atoms with Crippen LogP contribution in [0, 0.1) is 0 Å². The summed E-state index contributed by atoms with van der Waals surface area (Å²) in [4.78, 5) is 13.8. The van der Waals surface area contributed by atoms with Crippen LogP contribution in [0.15, 0.2) is 18.2 Å². The second-order valence-electron chi connectivity index (χ2n) is 6.16. The Bertz CT molecular complexity index is 494. The summed E-state index contributed by atoms with van der Waals surface area (Å²) in [5, 5.41) is 2.95. The van der Waals surface area contributed by atoms with Crippen LogP contribution in [0.3, 0.4) is 0 Å². The van der Waals surface area contributed by atoms with Gasteiger partial charge in [-0.2, -0.15) is 0 Å². The molecule has 20 heavy (non-hydrogen) atoms. The van der Waals surface area contributed by atoms with Gasteiger partial charge in [-0.25, -0.2) is 0 Å². The summed E-state index contributed by atoms with van der Waals surface area (Å²) < 4.78 is 10.6. The maximum absolute atomic E-state index is 11.8. The van der Waals surface area contributed by atoms with Gasteiger partial charge in [0.2, 0.25) is 12.7 Å². The van der Waals surface area contributed by atoms with E-state index in [-0.39, 0.29) is 18.2 Å². The third-order valence-electron chi connectivity index (χ3n) is 2.82.